The molecule has 0 saturated heterocycles. The number of carbonyl (C=O) groups excluding carboxylic acids is 1. The zero-order valence-electron chi connectivity index (χ0n) is 17.7. The highest BCUT2D eigenvalue weighted by atomic mass is 16.5. The number of carbonyl (C=O) groups is 1. The summed E-state index contributed by atoms with van der Waals surface area (Å²) in [6.45, 7) is 0.653. The lowest BCUT2D eigenvalue weighted by atomic mass is 9.99. The zero-order chi connectivity index (χ0) is 21.5. The first-order valence-corrected chi connectivity index (χ1v) is 10.6. The van der Waals surface area contributed by atoms with E-state index < -0.39 is 0 Å². The van der Waals surface area contributed by atoms with Crippen molar-refractivity contribution >= 4 is 5.91 Å². The average molecular weight is 411 g/mol. The number of benzene rings is 3. The molecule has 4 nitrogen and oxygen atoms in total. The van der Waals surface area contributed by atoms with Crippen LogP contribution in [0.25, 0.3) is 11.3 Å². The minimum atomic E-state index is 0.0501. The summed E-state index contributed by atoms with van der Waals surface area (Å²) in [5.41, 5.74) is 4.90. The van der Waals surface area contributed by atoms with E-state index >= 15 is 0 Å². The molecular formula is C27H26N2O2. The third kappa shape index (κ3) is 5.28. The predicted molar refractivity (Wildman–Crippen MR) is 123 cm³/mol. The highest BCUT2D eigenvalue weighted by molar-refractivity contribution is 5.95. The van der Waals surface area contributed by atoms with E-state index in [9.17, 15) is 4.79 Å². The Morgan fingerprint density at radius 1 is 0.903 bits per heavy atom. The molecule has 0 aliphatic heterocycles. The van der Waals surface area contributed by atoms with E-state index in [1.807, 2.05) is 85.9 Å². The Kier molecular flexibility index (Phi) is 6.58. The molecule has 4 heteroatoms. The minimum Gasteiger partial charge on any atom is -0.361 e. The Balaban J connectivity index is 1.35. The van der Waals surface area contributed by atoms with Gasteiger partial charge in [0, 0.05) is 37.2 Å². The molecule has 3 aromatic carbocycles. The number of rotatable bonds is 8. The van der Waals surface area contributed by atoms with Crippen LogP contribution in [0.15, 0.2) is 95.5 Å². The monoisotopic (exact) mass is 410 g/mol. The second kappa shape index (κ2) is 9.90. The minimum absolute atomic E-state index is 0.0501. The SMILES string of the molecule is CN(CCCc1cc(-c2ccccc2)no1)C(=O)c1ccccc1Cc1ccccc1. The molecule has 0 N–H and O–H groups in total. The van der Waals surface area contributed by atoms with Gasteiger partial charge in [-0.3, -0.25) is 4.79 Å². The van der Waals surface area contributed by atoms with Crippen molar-refractivity contribution in [2.45, 2.75) is 19.3 Å². The van der Waals surface area contributed by atoms with Gasteiger partial charge in [-0.2, -0.15) is 0 Å². The highest BCUT2D eigenvalue weighted by Crippen LogP contribution is 2.20. The standard InChI is InChI=1S/C27H26N2O2/c1-29(18-10-16-24-20-26(28-31-24)22-13-6-3-7-14-22)27(30)25-17-9-8-15-23(25)19-21-11-4-2-5-12-21/h2-9,11-15,17,20H,10,16,18-19H2,1H3. The molecule has 1 amide bonds. The van der Waals surface area contributed by atoms with Crippen LogP contribution in [0.3, 0.4) is 0 Å². The molecule has 156 valence electrons. The first kappa shape index (κ1) is 20.6. The van der Waals surface area contributed by atoms with Crippen molar-refractivity contribution in [3.8, 4) is 11.3 Å². The van der Waals surface area contributed by atoms with Crippen molar-refractivity contribution in [3.63, 3.8) is 0 Å². The van der Waals surface area contributed by atoms with Gasteiger partial charge >= 0.3 is 0 Å². The highest BCUT2D eigenvalue weighted by Gasteiger charge is 2.16. The molecule has 0 radical (unpaired) electrons. The summed E-state index contributed by atoms with van der Waals surface area (Å²) < 4.78 is 5.48. The summed E-state index contributed by atoms with van der Waals surface area (Å²) in [5, 5.41) is 4.16. The lowest BCUT2D eigenvalue weighted by Crippen LogP contribution is -2.29. The topological polar surface area (TPSA) is 46.3 Å². The van der Waals surface area contributed by atoms with Gasteiger partial charge in [-0.1, -0.05) is 84.0 Å². The summed E-state index contributed by atoms with van der Waals surface area (Å²) in [6, 6.07) is 30.1. The Labute approximate surface area is 183 Å². The summed E-state index contributed by atoms with van der Waals surface area (Å²) in [6.07, 6.45) is 2.30. The third-order valence-corrected chi connectivity index (χ3v) is 5.38. The molecule has 0 spiro atoms. The van der Waals surface area contributed by atoms with Crippen LogP contribution >= 0.6 is 0 Å². The van der Waals surface area contributed by atoms with E-state index in [1.54, 1.807) is 4.90 Å². The smallest absolute Gasteiger partial charge is 0.253 e. The Bertz CT molecular complexity index is 1120. The molecule has 31 heavy (non-hydrogen) atoms. The van der Waals surface area contributed by atoms with Crippen molar-refractivity contribution in [1.82, 2.24) is 10.1 Å². The molecule has 1 aromatic heterocycles. The molecular weight excluding hydrogens is 384 g/mol. The number of aryl methyl sites for hydroxylation is 1. The van der Waals surface area contributed by atoms with Crippen LogP contribution in [0, 0.1) is 0 Å². The second-order valence-electron chi connectivity index (χ2n) is 7.69. The molecule has 0 fully saturated rings. The number of hydrogen-bond acceptors (Lipinski definition) is 3. The Hall–Kier alpha value is -3.66. The summed E-state index contributed by atoms with van der Waals surface area (Å²) in [7, 11) is 1.86. The van der Waals surface area contributed by atoms with E-state index in [4.69, 9.17) is 4.52 Å². The fourth-order valence-electron chi connectivity index (χ4n) is 3.67. The summed E-state index contributed by atoms with van der Waals surface area (Å²) in [4.78, 5) is 14.9. The normalized spacial score (nSPS) is 10.7. The maximum Gasteiger partial charge on any atom is 0.253 e. The van der Waals surface area contributed by atoms with Gasteiger partial charge in [0.15, 0.2) is 0 Å². The van der Waals surface area contributed by atoms with Gasteiger partial charge in [0.05, 0.1) is 0 Å². The van der Waals surface area contributed by atoms with Gasteiger partial charge in [0.1, 0.15) is 11.5 Å². The molecule has 1 heterocycles. The molecule has 0 unspecified atom stereocenters. The molecule has 0 atom stereocenters. The van der Waals surface area contributed by atoms with E-state index in [1.165, 1.54) is 5.56 Å². The number of hydrogen-bond donors (Lipinski definition) is 0. The lowest BCUT2D eigenvalue weighted by molar-refractivity contribution is 0.0792. The summed E-state index contributed by atoms with van der Waals surface area (Å²) in [5.74, 6) is 0.887. The quantitative estimate of drug-likeness (QED) is 0.378. The van der Waals surface area contributed by atoms with Gasteiger partial charge in [0.25, 0.3) is 5.91 Å². The fourth-order valence-corrected chi connectivity index (χ4v) is 3.67. The second-order valence-corrected chi connectivity index (χ2v) is 7.69. The van der Waals surface area contributed by atoms with Crippen LogP contribution in [0.5, 0.6) is 0 Å². The summed E-state index contributed by atoms with van der Waals surface area (Å²) >= 11 is 0. The van der Waals surface area contributed by atoms with Crippen molar-refractivity contribution in [2.75, 3.05) is 13.6 Å². The first-order valence-electron chi connectivity index (χ1n) is 10.6. The lowest BCUT2D eigenvalue weighted by Gasteiger charge is -2.19. The van der Waals surface area contributed by atoms with E-state index in [0.717, 1.165) is 47.4 Å². The van der Waals surface area contributed by atoms with Gasteiger partial charge in [0.2, 0.25) is 0 Å². The van der Waals surface area contributed by atoms with Crippen molar-refractivity contribution < 1.29 is 9.32 Å². The number of amides is 1. The van der Waals surface area contributed by atoms with E-state index in [-0.39, 0.29) is 5.91 Å². The Morgan fingerprint density at radius 2 is 1.58 bits per heavy atom. The van der Waals surface area contributed by atoms with E-state index in [2.05, 4.69) is 17.3 Å². The maximum atomic E-state index is 13.1. The fraction of sp³-hybridized carbons (Fsp3) is 0.185. The van der Waals surface area contributed by atoms with Crippen LogP contribution in [-0.2, 0) is 12.8 Å². The molecule has 0 saturated carbocycles. The van der Waals surface area contributed by atoms with Crippen LogP contribution in [-0.4, -0.2) is 29.6 Å². The van der Waals surface area contributed by atoms with Crippen LogP contribution in [0.1, 0.15) is 33.7 Å². The predicted octanol–water partition coefficient (Wildman–Crippen LogP) is 5.64. The molecule has 4 rings (SSSR count). The van der Waals surface area contributed by atoms with Crippen LogP contribution in [0.4, 0.5) is 0 Å². The average Bonchev–Trinajstić information content (AvgIpc) is 3.29. The molecule has 0 aliphatic rings. The van der Waals surface area contributed by atoms with Gasteiger partial charge in [-0.25, -0.2) is 0 Å². The zero-order valence-corrected chi connectivity index (χ0v) is 17.7. The van der Waals surface area contributed by atoms with E-state index in [0.29, 0.717) is 6.54 Å². The van der Waals surface area contributed by atoms with Crippen molar-refractivity contribution in [2.24, 2.45) is 0 Å². The third-order valence-electron chi connectivity index (χ3n) is 5.38. The van der Waals surface area contributed by atoms with Gasteiger partial charge < -0.3 is 9.42 Å². The van der Waals surface area contributed by atoms with Crippen LogP contribution < -0.4 is 0 Å². The largest absolute Gasteiger partial charge is 0.361 e. The van der Waals surface area contributed by atoms with Crippen LogP contribution in [0.2, 0.25) is 0 Å². The van der Waals surface area contributed by atoms with Crippen molar-refractivity contribution in [1.29, 1.82) is 0 Å². The molecule has 0 aliphatic carbocycles. The maximum absolute atomic E-state index is 13.1. The number of nitrogens with zero attached hydrogens (tertiary/aromatic N) is 2. The number of aromatic nitrogens is 1. The Morgan fingerprint density at radius 3 is 2.35 bits per heavy atom. The van der Waals surface area contributed by atoms with Crippen molar-refractivity contribution in [3.05, 3.63) is 113 Å². The first-order chi connectivity index (χ1) is 15.2. The molecule has 0 bridgehead atoms. The molecule has 4 aromatic rings. The van der Waals surface area contributed by atoms with Gasteiger partial charge in [-0.05, 0) is 30.0 Å². The van der Waals surface area contributed by atoms with Gasteiger partial charge in [-0.15, -0.1) is 0 Å².